The Kier molecular flexibility index (Phi) is 5.52. The van der Waals surface area contributed by atoms with Crippen LogP contribution in [-0.2, 0) is 17.8 Å². The van der Waals surface area contributed by atoms with E-state index in [0.717, 1.165) is 17.7 Å². The van der Waals surface area contributed by atoms with Gasteiger partial charge in [0, 0.05) is 13.3 Å². The number of rotatable bonds is 7. The fourth-order valence-corrected chi connectivity index (χ4v) is 2.30. The van der Waals surface area contributed by atoms with Gasteiger partial charge in [-0.15, -0.1) is 0 Å². The Labute approximate surface area is 129 Å². The molecule has 0 aliphatic rings. The van der Waals surface area contributed by atoms with Crippen molar-refractivity contribution in [3.05, 3.63) is 41.5 Å². The van der Waals surface area contributed by atoms with Crippen LogP contribution in [0.25, 0.3) is 0 Å². The third-order valence-electron chi connectivity index (χ3n) is 3.31. The van der Waals surface area contributed by atoms with Crippen molar-refractivity contribution in [2.45, 2.75) is 33.2 Å². The SMILES string of the molecule is COc1ccccc1CC(C)CC(=O)NCc1noc(C)n1. The van der Waals surface area contributed by atoms with Crippen LogP contribution in [0.4, 0.5) is 0 Å². The smallest absolute Gasteiger partial charge is 0.223 e. The van der Waals surface area contributed by atoms with Crippen molar-refractivity contribution in [2.24, 2.45) is 5.92 Å². The number of nitrogens with one attached hydrogen (secondary N) is 1. The molecule has 0 saturated heterocycles. The highest BCUT2D eigenvalue weighted by atomic mass is 16.5. The van der Waals surface area contributed by atoms with Gasteiger partial charge in [0.1, 0.15) is 5.75 Å². The molecule has 0 fully saturated rings. The van der Waals surface area contributed by atoms with Gasteiger partial charge in [-0.05, 0) is 24.0 Å². The van der Waals surface area contributed by atoms with Gasteiger partial charge in [0.2, 0.25) is 11.8 Å². The predicted octanol–water partition coefficient (Wildman–Crippen LogP) is 2.27. The molecular formula is C16H21N3O3. The number of ether oxygens (including phenoxy) is 1. The number of hydrogen-bond donors (Lipinski definition) is 1. The minimum absolute atomic E-state index is 0.0233. The molecule has 2 aromatic rings. The number of nitrogens with zero attached hydrogens (tertiary/aromatic N) is 2. The number of carbonyl (C=O) groups excluding carboxylic acids is 1. The third-order valence-corrected chi connectivity index (χ3v) is 3.31. The second kappa shape index (κ2) is 7.59. The molecule has 1 aromatic heterocycles. The Morgan fingerprint density at radius 3 is 2.86 bits per heavy atom. The molecule has 6 heteroatoms. The van der Waals surface area contributed by atoms with Gasteiger partial charge in [-0.25, -0.2) is 0 Å². The maximum absolute atomic E-state index is 11.9. The molecule has 1 aromatic carbocycles. The standard InChI is InChI=1S/C16H21N3O3/c1-11(8-13-6-4-5-7-14(13)21-3)9-16(20)17-10-15-18-12(2)22-19-15/h4-7,11H,8-10H2,1-3H3,(H,17,20). The normalized spacial score (nSPS) is 12.0. The summed E-state index contributed by atoms with van der Waals surface area (Å²) in [6.45, 7) is 4.05. The van der Waals surface area contributed by atoms with Crippen LogP contribution in [0.5, 0.6) is 5.75 Å². The number of aryl methyl sites for hydroxylation is 1. The lowest BCUT2D eigenvalue weighted by Gasteiger charge is -2.13. The molecule has 1 N–H and O–H groups in total. The maximum Gasteiger partial charge on any atom is 0.223 e. The predicted molar refractivity (Wildman–Crippen MR) is 81.4 cm³/mol. The van der Waals surface area contributed by atoms with Crippen molar-refractivity contribution in [1.29, 1.82) is 0 Å². The summed E-state index contributed by atoms with van der Waals surface area (Å²) in [6, 6.07) is 7.87. The van der Waals surface area contributed by atoms with Crippen molar-refractivity contribution in [3.63, 3.8) is 0 Å². The summed E-state index contributed by atoms with van der Waals surface area (Å²) in [5.74, 6) is 2.03. The molecule has 1 unspecified atom stereocenters. The molecule has 1 atom stereocenters. The molecule has 22 heavy (non-hydrogen) atoms. The highest BCUT2D eigenvalue weighted by Crippen LogP contribution is 2.22. The van der Waals surface area contributed by atoms with Crippen molar-refractivity contribution >= 4 is 5.91 Å². The first-order valence-electron chi connectivity index (χ1n) is 7.26. The summed E-state index contributed by atoms with van der Waals surface area (Å²) in [6.07, 6.45) is 1.23. The minimum Gasteiger partial charge on any atom is -0.496 e. The monoisotopic (exact) mass is 303 g/mol. The number of para-hydroxylation sites is 1. The summed E-state index contributed by atoms with van der Waals surface area (Å²) in [7, 11) is 1.66. The summed E-state index contributed by atoms with van der Waals surface area (Å²) < 4.78 is 10.2. The van der Waals surface area contributed by atoms with Gasteiger partial charge in [-0.1, -0.05) is 30.3 Å². The molecule has 0 bridgehead atoms. The number of amides is 1. The van der Waals surface area contributed by atoms with Crippen molar-refractivity contribution < 1.29 is 14.1 Å². The Bertz CT molecular complexity index is 625. The molecule has 0 saturated carbocycles. The quantitative estimate of drug-likeness (QED) is 0.849. The lowest BCUT2D eigenvalue weighted by Crippen LogP contribution is -2.25. The Hall–Kier alpha value is -2.37. The number of aromatic nitrogens is 2. The number of carbonyl (C=O) groups is 1. The van der Waals surface area contributed by atoms with Crippen LogP contribution in [0.3, 0.4) is 0 Å². The van der Waals surface area contributed by atoms with Crippen LogP contribution in [0.15, 0.2) is 28.8 Å². The van der Waals surface area contributed by atoms with Gasteiger partial charge in [-0.3, -0.25) is 4.79 Å². The van der Waals surface area contributed by atoms with Crippen LogP contribution in [0.1, 0.15) is 30.6 Å². The summed E-state index contributed by atoms with van der Waals surface area (Å²) in [5.41, 5.74) is 1.11. The lowest BCUT2D eigenvalue weighted by molar-refractivity contribution is -0.122. The van der Waals surface area contributed by atoms with E-state index in [4.69, 9.17) is 9.26 Å². The molecular weight excluding hydrogens is 282 g/mol. The Balaban J connectivity index is 1.81. The van der Waals surface area contributed by atoms with Crippen LogP contribution in [-0.4, -0.2) is 23.2 Å². The Morgan fingerprint density at radius 2 is 2.18 bits per heavy atom. The molecule has 6 nitrogen and oxygen atoms in total. The molecule has 0 radical (unpaired) electrons. The van der Waals surface area contributed by atoms with E-state index in [1.165, 1.54) is 0 Å². The van der Waals surface area contributed by atoms with Gasteiger partial charge in [0.15, 0.2) is 5.82 Å². The van der Waals surface area contributed by atoms with E-state index >= 15 is 0 Å². The zero-order chi connectivity index (χ0) is 15.9. The molecule has 1 amide bonds. The van der Waals surface area contributed by atoms with Gasteiger partial charge < -0.3 is 14.6 Å². The van der Waals surface area contributed by atoms with Crippen molar-refractivity contribution in [3.8, 4) is 5.75 Å². The van der Waals surface area contributed by atoms with E-state index < -0.39 is 0 Å². The largest absolute Gasteiger partial charge is 0.496 e. The molecule has 118 valence electrons. The molecule has 0 aliphatic heterocycles. The van der Waals surface area contributed by atoms with Gasteiger partial charge in [-0.2, -0.15) is 4.98 Å². The second-order valence-corrected chi connectivity index (χ2v) is 5.33. The van der Waals surface area contributed by atoms with E-state index in [1.807, 2.05) is 31.2 Å². The molecule has 1 heterocycles. The summed E-state index contributed by atoms with van der Waals surface area (Å²) >= 11 is 0. The van der Waals surface area contributed by atoms with E-state index in [-0.39, 0.29) is 18.4 Å². The highest BCUT2D eigenvalue weighted by molar-refractivity contribution is 5.76. The van der Waals surface area contributed by atoms with Crippen molar-refractivity contribution in [2.75, 3.05) is 7.11 Å². The van der Waals surface area contributed by atoms with Crippen LogP contribution < -0.4 is 10.1 Å². The number of methoxy groups -OCH3 is 1. The van der Waals surface area contributed by atoms with E-state index in [9.17, 15) is 4.79 Å². The zero-order valence-corrected chi connectivity index (χ0v) is 13.1. The number of benzene rings is 1. The maximum atomic E-state index is 11.9. The minimum atomic E-state index is -0.0233. The van der Waals surface area contributed by atoms with Crippen LogP contribution in [0.2, 0.25) is 0 Å². The van der Waals surface area contributed by atoms with Crippen molar-refractivity contribution in [1.82, 2.24) is 15.5 Å². The fraction of sp³-hybridized carbons (Fsp3) is 0.438. The first-order chi connectivity index (χ1) is 10.6. The molecule has 0 aliphatic carbocycles. The van der Waals surface area contributed by atoms with Gasteiger partial charge in [0.05, 0.1) is 13.7 Å². The first kappa shape index (κ1) is 16.0. The van der Waals surface area contributed by atoms with E-state index in [2.05, 4.69) is 15.5 Å². The molecule has 0 spiro atoms. The second-order valence-electron chi connectivity index (χ2n) is 5.33. The summed E-state index contributed by atoms with van der Waals surface area (Å²) in [4.78, 5) is 16.0. The van der Waals surface area contributed by atoms with Gasteiger partial charge in [0.25, 0.3) is 0 Å². The van der Waals surface area contributed by atoms with Crippen LogP contribution >= 0.6 is 0 Å². The van der Waals surface area contributed by atoms with E-state index in [1.54, 1.807) is 14.0 Å². The topological polar surface area (TPSA) is 77.2 Å². The fourth-order valence-electron chi connectivity index (χ4n) is 2.30. The summed E-state index contributed by atoms with van der Waals surface area (Å²) in [5, 5.41) is 6.54. The zero-order valence-electron chi connectivity index (χ0n) is 13.1. The highest BCUT2D eigenvalue weighted by Gasteiger charge is 2.13. The average molecular weight is 303 g/mol. The first-order valence-corrected chi connectivity index (χ1v) is 7.26. The van der Waals surface area contributed by atoms with Crippen LogP contribution in [0, 0.1) is 12.8 Å². The Morgan fingerprint density at radius 1 is 1.41 bits per heavy atom. The third kappa shape index (κ3) is 4.58. The molecule has 2 rings (SSSR count). The average Bonchev–Trinajstić information content (AvgIpc) is 2.91. The van der Waals surface area contributed by atoms with Gasteiger partial charge >= 0.3 is 0 Å². The van der Waals surface area contributed by atoms with E-state index in [0.29, 0.717) is 18.1 Å². The number of hydrogen-bond acceptors (Lipinski definition) is 5. The lowest BCUT2D eigenvalue weighted by atomic mass is 9.97.